The van der Waals surface area contributed by atoms with Crippen molar-refractivity contribution in [2.45, 2.75) is 13.3 Å². The Morgan fingerprint density at radius 2 is 2.25 bits per heavy atom. The number of fused-ring (bicyclic) bond motifs is 1. The van der Waals surface area contributed by atoms with Crippen molar-refractivity contribution < 1.29 is 0 Å². The van der Waals surface area contributed by atoms with E-state index in [9.17, 15) is 0 Å². The predicted molar refractivity (Wildman–Crippen MR) is 81.1 cm³/mol. The number of hydrazine groups is 1. The Balaban J connectivity index is 2.09. The van der Waals surface area contributed by atoms with E-state index in [-0.39, 0.29) is 0 Å². The van der Waals surface area contributed by atoms with Crippen molar-refractivity contribution in [1.29, 1.82) is 0 Å². The van der Waals surface area contributed by atoms with E-state index in [1.807, 2.05) is 13.2 Å². The van der Waals surface area contributed by atoms with Crippen LogP contribution in [0.25, 0.3) is 10.2 Å². The monoisotopic (exact) mass is 289 g/mol. The summed E-state index contributed by atoms with van der Waals surface area (Å²) in [5.74, 6) is 6.56. The lowest BCUT2D eigenvalue weighted by Gasteiger charge is -2.06. The maximum Gasteiger partial charge on any atom is 0.240 e. The van der Waals surface area contributed by atoms with Crippen LogP contribution in [0.3, 0.4) is 0 Å². The minimum atomic E-state index is 0.397. The standard InChI is InChI=1S/C12H15N7S/c1-3-8-4-9-10(15-7-5-14-19(2)6-7)16-12(18-13)17-11(9)20-8/h4-6H,3,13H2,1-2H3,(H2,15,16,17,18). The molecule has 0 saturated heterocycles. The zero-order valence-corrected chi connectivity index (χ0v) is 12.0. The average molecular weight is 289 g/mol. The van der Waals surface area contributed by atoms with Gasteiger partial charge < -0.3 is 5.32 Å². The summed E-state index contributed by atoms with van der Waals surface area (Å²) < 4.78 is 1.73. The largest absolute Gasteiger partial charge is 0.337 e. The lowest BCUT2D eigenvalue weighted by molar-refractivity contribution is 0.768. The molecule has 20 heavy (non-hydrogen) atoms. The molecule has 104 valence electrons. The first-order valence-electron chi connectivity index (χ1n) is 6.22. The minimum Gasteiger partial charge on any atom is -0.337 e. The van der Waals surface area contributed by atoms with E-state index >= 15 is 0 Å². The molecular formula is C12H15N7S. The van der Waals surface area contributed by atoms with Crippen molar-refractivity contribution >= 4 is 39.0 Å². The van der Waals surface area contributed by atoms with Gasteiger partial charge in [-0.2, -0.15) is 10.1 Å². The summed E-state index contributed by atoms with van der Waals surface area (Å²) in [7, 11) is 1.87. The molecule has 3 rings (SSSR count). The molecule has 0 aliphatic rings. The van der Waals surface area contributed by atoms with Gasteiger partial charge in [-0.15, -0.1) is 11.3 Å². The Morgan fingerprint density at radius 1 is 1.40 bits per heavy atom. The summed E-state index contributed by atoms with van der Waals surface area (Å²) in [6.45, 7) is 2.12. The summed E-state index contributed by atoms with van der Waals surface area (Å²) in [5, 5.41) is 8.38. The first-order valence-corrected chi connectivity index (χ1v) is 7.04. The van der Waals surface area contributed by atoms with Crippen LogP contribution in [0.4, 0.5) is 17.5 Å². The highest BCUT2D eigenvalue weighted by molar-refractivity contribution is 7.18. The molecule has 0 unspecified atom stereocenters. The second-order valence-electron chi connectivity index (χ2n) is 4.35. The molecule has 8 heteroatoms. The maximum atomic E-state index is 5.43. The van der Waals surface area contributed by atoms with Crippen molar-refractivity contribution in [2.24, 2.45) is 12.9 Å². The lowest BCUT2D eigenvalue weighted by Crippen LogP contribution is -2.11. The van der Waals surface area contributed by atoms with Gasteiger partial charge in [0, 0.05) is 18.1 Å². The van der Waals surface area contributed by atoms with Crippen molar-refractivity contribution in [2.75, 3.05) is 10.7 Å². The number of nitrogens with two attached hydrogens (primary N) is 1. The summed E-state index contributed by atoms with van der Waals surface area (Å²) in [6.07, 6.45) is 4.60. The molecule has 3 aromatic heterocycles. The molecule has 0 spiro atoms. The molecule has 3 aromatic rings. The fourth-order valence-electron chi connectivity index (χ4n) is 1.93. The van der Waals surface area contributed by atoms with E-state index in [1.165, 1.54) is 4.88 Å². The van der Waals surface area contributed by atoms with E-state index in [0.717, 1.165) is 28.1 Å². The summed E-state index contributed by atoms with van der Waals surface area (Å²) in [6, 6.07) is 2.11. The van der Waals surface area contributed by atoms with Crippen LogP contribution in [0.1, 0.15) is 11.8 Å². The highest BCUT2D eigenvalue weighted by Crippen LogP contribution is 2.31. The number of aromatic nitrogens is 4. The number of nitrogen functional groups attached to an aromatic ring is 1. The number of thiophene rings is 1. The Hall–Kier alpha value is -2.19. The third-order valence-electron chi connectivity index (χ3n) is 2.89. The number of hydrogen-bond donors (Lipinski definition) is 3. The number of nitrogens with one attached hydrogen (secondary N) is 2. The quantitative estimate of drug-likeness (QED) is 0.502. The zero-order valence-electron chi connectivity index (χ0n) is 11.2. The molecule has 0 saturated carbocycles. The molecule has 3 heterocycles. The van der Waals surface area contributed by atoms with Gasteiger partial charge in [-0.1, -0.05) is 6.92 Å². The first kappa shape index (κ1) is 12.8. The van der Waals surface area contributed by atoms with Crippen molar-refractivity contribution in [1.82, 2.24) is 19.7 Å². The van der Waals surface area contributed by atoms with Crippen LogP contribution in [0, 0.1) is 0 Å². The number of nitrogens with zero attached hydrogens (tertiary/aromatic N) is 4. The molecule has 0 bridgehead atoms. The van der Waals surface area contributed by atoms with Crippen molar-refractivity contribution in [3.05, 3.63) is 23.3 Å². The average Bonchev–Trinajstić information content (AvgIpc) is 3.04. The molecule has 0 amide bonds. The van der Waals surface area contributed by atoms with E-state index in [0.29, 0.717) is 5.95 Å². The minimum absolute atomic E-state index is 0.397. The van der Waals surface area contributed by atoms with E-state index in [4.69, 9.17) is 5.84 Å². The lowest BCUT2D eigenvalue weighted by atomic mass is 10.3. The molecule has 0 radical (unpaired) electrons. The van der Waals surface area contributed by atoms with Gasteiger partial charge in [0.25, 0.3) is 0 Å². The smallest absolute Gasteiger partial charge is 0.240 e. The number of anilines is 3. The van der Waals surface area contributed by atoms with E-state index < -0.39 is 0 Å². The Bertz CT molecular complexity index is 745. The molecule has 0 aromatic carbocycles. The SMILES string of the molecule is CCc1cc2c(Nc3cnn(C)c3)nc(NN)nc2s1. The van der Waals surface area contributed by atoms with Crippen LogP contribution in [0.15, 0.2) is 18.5 Å². The van der Waals surface area contributed by atoms with Crippen LogP contribution in [0.5, 0.6) is 0 Å². The fourth-order valence-corrected chi connectivity index (χ4v) is 2.90. The Kier molecular flexibility index (Phi) is 3.25. The Labute approximate surface area is 119 Å². The third kappa shape index (κ3) is 2.30. The van der Waals surface area contributed by atoms with Crippen LogP contribution >= 0.6 is 11.3 Å². The highest BCUT2D eigenvalue weighted by atomic mass is 32.1. The predicted octanol–water partition coefficient (Wildman–Crippen LogP) is 2.02. The van der Waals surface area contributed by atoms with Gasteiger partial charge in [0.05, 0.1) is 17.3 Å². The third-order valence-corrected chi connectivity index (χ3v) is 4.06. The van der Waals surface area contributed by atoms with Crippen LogP contribution < -0.4 is 16.6 Å². The van der Waals surface area contributed by atoms with Gasteiger partial charge in [0.15, 0.2) is 0 Å². The van der Waals surface area contributed by atoms with E-state index in [2.05, 4.69) is 38.8 Å². The van der Waals surface area contributed by atoms with Gasteiger partial charge in [-0.05, 0) is 12.5 Å². The van der Waals surface area contributed by atoms with Gasteiger partial charge in [-0.3, -0.25) is 10.1 Å². The maximum absolute atomic E-state index is 5.43. The summed E-state index contributed by atoms with van der Waals surface area (Å²) >= 11 is 1.65. The number of rotatable bonds is 4. The molecule has 4 N–H and O–H groups in total. The second-order valence-corrected chi connectivity index (χ2v) is 5.47. The topological polar surface area (TPSA) is 93.7 Å². The first-order chi connectivity index (χ1) is 9.69. The molecular weight excluding hydrogens is 274 g/mol. The van der Waals surface area contributed by atoms with Gasteiger partial charge in [-0.25, -0.2) is 10.8 Å². The number of hydrogen-bond acceptors (Lipinski definition) is 7. The van der Waals surface area contributed by atoms with Crippen LogP contribution in [-0.4, -0.2) is 19.7 Å². The summed E-state index contributed by atoms with van der Waals surface area (Å²) in [4.78, 5) is 10.9. The normalized spacial score (nSPS) is 10.9. The van der Waals surface area contributed by atoms with Crippen LogP contribution in [-0.2, 0) is 13.5 Å². The Morgan fingerprint density at radius 3 is 2.90 bits per heavy atom. The molecule has 0 aliphatic carbocycles. The zero-order chi connectivity index (χ0) is 14.1. The molecule has 7 nitrogen and oxygen atoms in total. The highest BCUT2D eigenvalue weighted by Gasteiger charge is 2.11. The van der Waals surface area contributed by atoms with Crippen LogP contribution in [0.2, 0.25) is 0 Å². The summed E-state index contributed by atoms with van der Waals surface area (Å²) in [5.41, 5.74) is 3.38. The number of aryl methyl sites for hydroxylation is 2. The van der Waals surface area contributed by atoms with Gasteiger partial charge in [0.1, 0.15) is 10.6 Å². The van der Waals surface area contributed by atoms with E-state index in [1.54, 1.807) is 22.2 Å². The molecule has 0 aliphatic heterocycles. The second kappa shape index (κ2) is 5.06. The van der Waals surface area contributed by atoms with Gasteiger partial charge in [0.2, 0.25) is 5.95 Å². The van der Waals surface area contributed by atoms with Crippen molar-refractivity contribution in [3.63, 3.8) is 0 Å². The molecule has 0 atom stereocenters. The van der Waals surface area contributed by atoms with Crippen molar-refractivity contribution in [3.8, 4) is 0 Å². The molecule has 0 fully saturated rings. The van der Waals surface area contributed by atoms with Gasteiger partial charge >= 0.3 is 0 Å². The fraction of sp³-hybridized carbons (Fsp3) is 0.250.